The molecule has 2 N–H and O–H groups in total. The summed E-state index contributed by atoms with van der Waals surface area (Å²) in [6.45, 7) is 3.79. The summed E-state index contributed by atoms with van der Waals surface area (Å²) < 4.78 is 12.2. The van der Waals surface area contributed by atoms with Crippen molar-refractivity contribution in [1.29, 1.82) is 0 Å². The van der Waals surface area contributed by atoms with Gasteiger partial charge >= 0.3 is 5.97 Å². The van der Waals surface area contributed by atoms with E-state index in [9.17, 15) is 19.5 Å². The third kappa shape index (κ3) is 5.62. The number of Topliss-reactive ketones (excluding diaryl/α,β-unsaturated/α-hetero) is 1. The molecule has 1 aliphatic rings. The lowest BCUT2D eigenvalue weighted by Crippen LogP contribution is -2.51. The number of hydrogen-bond acceptors (Lipinski definition) is 11. The number of hydrogen-bond donors (Lipinski definition) is 2. The maximum absolute atomic E-state index is 12.9. The number of aromatic carboxylic acids is 1. The fourth-order valence-electron chi connectivity index (χ4n) is 4.19. The first-order valence-corrected chi connectivity index (χ1v) is 12.4. The molecule has 5 heterocycles. The smallest absolute Gasteiger partial charge is 0.341 e. The number of aromatic nitrogens is 6. The lowest BCUT2D eigenvalue weighted by molar-refractivity contribution is -0.134. The average molecular weight is 556 g/mol. The van der Waals surface area contributed by atoms with Crippen LogP contribution in [-0.4, -0.2) is 76.8 Å². The number of ether oxygens (including phenoxy) is 1. The van der Waals surface area contributed by atoms with E-state index in [4.69, 9.17) is 14.6 Å². The van der Waals surface area contributed by atoms with Crippen LogP contribution < -0.4 is 15.1 Å². The van der Waals surface area contributed by atoms with Crippen LogP contribution in [0.5, 0.6) is 5.88 Å². The summed E-state index contributed by atoms with van der Waals surface area (Å²) in [7, 11) is 3.31. The first-order chi connectivity index (χ1) is 18.5. The molecule has 4 aromatic rings. The van der Waals surface area contributed by atoms with Gasteiger partial charge in [-0.15, -0.1) is 0 Å². The topological polar surface area (TPSA) is 183 Å². The number of nitrogens with zero attached hydrogens (tertiary/aromatic N) is 7. The molecule has 1 fully saturated rings. The fraction of sp³-hybridized carbons (Fsp3) is 0.333. The van der Waals surface area contributed by atoms with E-state index in [1.165, 1.54) is 17.1 Å². The zero-order valence-corrected chi connectivity index (χ0v) is 22.3. The number of rotatable bonds is 7. The van der Waals surface area contributed by atoms with Crippen LogP contribution in [-0.2, 0) is 23.1 Å². The number of carboxylic acid groups (broad SMARTS) is 2. The Kier molecular flexibility index (Phi) is 7.71. The van der Waals surface area contributed by atoms with Gasteiger partial charge in [0.2, 0.25) is 16.4 Å². The molecule has 1 saturated heterocycles. The molecule has 0 unspecified atom stereocenters. The third-order valence-electron chi connectivity index (χ3n) is 6.04. The van der Waals surface area contributed by atoms with Crippen LogP contribution in [0.3, 0.4) is 0 Å². The predicted molar refractivity (Wildman–Crippen MR) is 140 cm³/mol. The quantitative estimate of drug-likeness (QED) is 0.334. The number of methoxy groups -OCH3 is 1. The molecule has 0 saturated carbocycles. The summed E-state index contributed by atoms with van der Waals surface area (Å²) in [5.41, 5.74) is 0.565. The predicted octanol–water partition coefficient (Wildman–Crippen LogP) is 1.32. The standard InChI is InChI=1S/C22H21N7O5S.C2H4O2/c1-11-4-16(28-7-12(8-28)15(30)5-13-6-17(34-3)27(2)26-13)25-20-18(11)19(31)14(21(32)33)9-29(20)22-23-10-24-35-22;1-2(3)4/h4,6,9-10,12H,5,7-8H2,1-3H3,(H,32,33);1H3,(H,3,4). The summed E-state index contributed by atoms with van der Waals surface area (Å²) in [6.07, 6.45) is 2.80. The third-order valence-corrected chi connectivity index (χ3v) is 6.71. The van der Waals surface area contributed by atoms with Gasteiger partial charge in [0.1, 0.15) is 23.5 Å². The van der Waals surface area contributed by atoms with Crippen molar-refractivity contribution in [3.8, 4) is 11.0 Å². The molecule has 1 aliphatic heterocycles. The van der Waals surface area contributed by atoms with Crippen LogP contribution in [0, 0.1) is 12.8 Å². The highest BCUT2D eigenvalue weighted by molar-refractivity contribution is 7.08. The van der Waals surface area contributed by atoms with Crippen molar-refractivity contribution in [2.75, 3.05) is 25.1 Å². The van der Waals surface area contributed by atoms with Crippen molar-refractivity contribution in [3.05, 3.63) is 51.7 Å². The lowest BCUT2D eigenvalue weighted by atomic mass is 9.92. The molecule has 0 bridgehead atoms. The molecule has 204 valence electrons. The summed E-state index contributed by atoms with van der Waals surface area (Å²) in [5, 5.41) is 21.9. The van der Waals surface area contributed by atoms with Gasteiger partial charge in [-0.2, -0.15) is 9.47 Å². The summed E-state index contributed by atoms with van der Waals surface area (Å²) >= 11 is 1.06. The van der Waals surface area contributed by atoms with Crippen LogP contribution in [0.2, 0.25) is 0 Å². The molecular formula is C24H25N7O7S. The number of ketones is 1. The first kappa shape index (κ1) is 27.4. The largest absolute Gasteiger partial charge is 0.481 e. The second kappa shape index (κ2) is 11.0. The zero-order chi connectivity index (χ0) is 28.4. The molecule has 39 heavy (non-hydrogen) atoms. The first-order valence-electron chi connectivity index (χ1n) is 11.6. The van der Waals surface area contributed by atoms with Gasteiger partial charge in [0.05, 0.1) is 30.5 Å². The molecular weight excluding hydrogens is 530 g/mol. The molecule has 15 heteroatoms. The number of pyridine rings is 2. The Hall–Kier alpha value is -4.66. The zero-order valence-electron chi connectivity index (χ0n) is 21.5. The number of anilines is 1. The Morgan fingerprint density at radius 2 is 1.90 bits per heavy atom. The Morgan fingerprint density at radius 3 is 2.46 bits per heavy atom. The van der Waals surface area contributed by atoms with Gasteiger partial charge in [0, 0.05) is 50.9 Å². The van der Waals surface area contributed by atoms with Crippen molar-refractivity contribution in [2.24, 2.45) is 13.0 Å². The molecule has 0 spiro atoms. The van der Waals surface area contributed by atoms with Gasteiger partial charge in [0.25, 0.3) is 5.97 Å². The Bertz CT molecular complexity index is 1620. The van der Waals surface area contributed by atoms with Crippen LogP contribution in [0.4, 0.5) is 5.82 Å². The van der Waals surface area contributed by atoms with E-state index in [2.05, 4.69) is 19.4 Å². The van der Waals surface area contributed by atoms with Crippen molar-refractivity contribution < 1.29 is 29.3 Å². The number of aryl methyl sites for hydroxylation is 2. The molecule has 5 rings (SSSR count). The normalized spacial score (nSPS) is 13.0. The number of carboxylic acids is 2. The van der Waals surface area contributed by atoms with Crippen LogP contribution in [0.1, 0.15) is 28.5 Å². The van der Waals surface area contributed by atoms with Gasteiger partial charge in [-0.3, -0.25) is 19.0 Å². The van der Waals surface area contributed by atoms with Crippen LogP contribution >= 0.6 is 11.5 Å². The molecule has 0 atom stereocenters. The molecule has 0 aliphatic carbocycles. The number of carbonyl (C=O) groups excluding carboxylic acids is 1. The minimum Gasteiger partial charge on any atom is -0.481 e. The van der Waals surface area contributed by atoms with E-state index >= 15 is 0 Å². The minimum absolute atomic E-state index is 0.0800. The van der Waals surface area contributed by atoms with Crippen molar-refractivity contribution >= 4 is 46.1 Å². The van der Waals surface area contributed by atoms with Gasteiger partial charge < -0.3 is 19.8 Å². The van der Waals surface area contributed by atoms with Gasteiger partial charge in [-0.05, 0) is 18.6 Å². The van der Waals surface area contributed by atoms with Crippen molar-refractivity contribution in [1.82, 2.24) is 28.7 Å². The second-order valence-electron chi connectivity index (χ2n) is 8.83. The van der Waals surface area contributed by atoms with Gasteiger partial charge in [-0.25, -0.2) is 19.4 Å². The number of fused-ring (bicyclic) bond motifs is 1. The van der Waals surface area contributed by atoms with E-state index in [0.29, 0.717) is 46.8 Å². The second-order valence-corrected chi connectivity index (χ2v) is 9.59. The Balaban J connectivity index is 0.000000826. The van der Waals surface area contributed by atoms with E-state index in [0.717, 1.165) is 18.5 Å². The van der Waals surface area contributed by atoms with Crippen molar-refractivity contribution in [3.63, 3.8) is 0 Å². The summed E-state index contributed by atoms with van der Waals surface area (Å²) in [5.74, 6) is -1.06. The van der Waals surface area contributed by atoms with Crippen molar-refractivity contribution in [2.45, 2.75) is 20.3 Å². The maximum Gasteiger partial charge on any atom is 0.341 e. The average Bonchev–Trinajstić information content (AvgIpc) is 3.47. The van der Waals surface area contributed by atoms with E-state index in [1.807, 2.05) is 4.90 Å². The van der Waals surface area contributed by atoms with Gasteiger partial charge in [0.15, 0.2) is 5.65 Å². The lowest BCUT2D eigenvalue weighted by Gasteiger charge is -2.39. The SMILES string of the molecule is CC(=O)O.COc1cc(CC(=O)C2CN(c3cc(C)c4c(=O)c(C(=O)O)cn(-c5ncns5)c4n3)C2)nn1C. The van der Waals surface area contributed by atoms with Gasteiger partial charge in [-0.1, -0.05) is 0 Å². The minimum atomic E-state index is -1.33. The highest BCUT2D eigenvalue weighted by atomic mass is 32.1. The molecule has 4 aromatic heterocycles. The maximum atomic E-state index is 12.9. The highest BCUT2D eigenvalue weighted by Crippen LogP contribution is 2.29. The van der Waals surface area contributed by atoms with Crippen LogP contribution in [0.25, 0.3) is 16.2 Å². The number of aliphatic carboxylic acids is 1. The molecule has 0 aromatic carbocycles. The molecule has 0 amide bonds. The molecule has 0 radical (unpaired) electrons. The monoisotopic (exact) mass is 555 g/mol. The molecule has 14 nitrogen and oxygen atoms in total. The van der Waals surface area contributed by atoms with E-state index in [1.54, 1.807) is 37.9 Å². The Labute approximate surface area is 225 Å². The van der Waals surface area contributed by atoms with E-state index < -0.39 is 17.4 Å². The highest BCUT2D eigenvalue weighted by Gasteiger charge is 2.34. The summed E-state index contributed by atoms with van der Waals surface area (Å²) in [6, 6.07) is 3.49. The van der Waals surface area contributed by atoms with Crippen LogP contribution in [0.15, 0.2) is 29.5 Å². The number of carbonyl (C=O) groups is 3. The summed E-state index contributed by atoms with van der Waals surface area (Å²) in [4.78, 5) is 57.1. The fourth-order valence-corrected chi connectivity index (χ4v) is 4.70. The van der Waals surface area contributed by atoms with E-state index in [-0.39, 0.29) is 29.1 Å². The Morgan fingerprint density at radius 1 is 1.21 bits per heavy atom.